The summed E-state index contributed by atoms with van der Waals surface area (Å²) >= 11 is 3.50. The first-order valence-corrected chi connectivity index (χ1v) is 11.3. The van der Waals surface area contributed by atoms with Crippen LogP contribution in [0.5, 0.6) is 0 Å². The molecule has 2 fully saturated rings. The molecule has 2 rings (SSSR count). The van der Waals surface area contributed by atoms with E-state index >= 15 is 0 Å². The molecule has 0 saturated carbocycles. The molecule has 0 aromatic rings. The smallest absolute Gasteiger partial charge is 0.192 e. The first-order valence-electron chi connectivity index (χ1n) is 7.64. The fourth-order valence-corrected chi connectivity index (χ4v) is 6.73. The van der Waals surface area contributed by atoms with Crippen molar-refractivity contribution in [2.24, 2.45) is 0 Å². The van der Waals surface area contributed by atoms with E-state index in [0.29, 0.717) is 18.4 Å². The molecule has 1 unspecified atom stereocenters. The van der Waals surface area contributed by atoms with Crippen LogP contribution in [0.15, 0.2) is 0 Å². The molecule has 0 bridgehead atoms. The van der Waals surface area contributed by atoms with Crippen molar-refractivity contribution in [2.45, 2.75) is 75.8 Å². The van der Waals surface area contributed by atoms with Crippen molar-refractivity contribution in [1.29, 1.82) is 0 Å². The molecule has 1 N–H and O–H groups in total. The van der Waals surface area contributed by atoms with Crippen LogP contribution >= 0.6 is 15.9 Å². The highest BCUT2D eigenvalue weighted by Crippen LogP contribution is 2.48. The van der Waals surface area contributed by atoms with E-state index in [1.54, 1.807) is 6.92 Å². The Bertz CT molecular complexity index is 334. The third-order valence-corrected chi connectivity index (χ3v) is 10.1. The first-order chi connectivity index (χ1) is 9.36. The predicted octanol–water partition coefficient (Wildman–Crippen LogP) is 3.04. The maximum Gasteiger partial charge on any atom is 0.192 e. The topological polar surface area (TPSA) is 51.2 Å². The number of hydrogen-bond acceptors (Lipinski definition) is 4. The monoisotopic (exact) mass is 366 g/mol. The lowest BCUT2D eigenvalue weighted by Gasteiger charge is -2.46. The molecular formula is C14H27BrO4Si. The van der Waals surface area contributed by atoms with Crippen LogP contribution in [0.2, 0.25) is 18.1 Å². The van der Waals surface area contributed by atoms with Crippen LogP contribution in [0.3, 0.4) is 0 Å². The van der Waals surface area contributed by atoms with Crippen LogP contribution in [0.25, 0.3) is 0 Å². The van der Waals surface area contributed by atoms with Crippen LogP contribution in [0.1, 0.15) is 34.1 Å². The van der Waals surface area contributed by atoms with Crippen molar-refractivity contribution in [3.8, 4) is 0 Å². The average molecular weight is 367 g/mol. The molecular weight excluding hydrogens is 340 g/mol. The molecule has 0 aromatic carbocycles. The van der Waals surface area contributed by atoms with Crippen molar-refractivity contribution >= 4 is 24.2 Å². The first kappa shape index (κ1) is 16.9. The summed E-state index contributed by atoms with van der Waals surface area (Å²) in [5, 5.41) is 10.9. The van der Waals surface area contributed by atoms with Crippen molar-refractivity contribution in [3.63, 3.8) is 0 Å². The van der Waals surface area contributed by atoms with Gasteiger partial charge in [-0.1, -0.05) is 36.7 Å². The van der Waals surface area contributed by atoms with Gasteiger partial charge in [-0.2, -0.15) is 0 Å². The van der Waals surface area contributed by atoms with Crippen LogP contribution in [-0.4, -0.2) is 49.0 Å². The van der Waals surface area contributed by atoms with Crippen LogP contribution in [-0.2, 0) is 13.9 Å². The van der Waals surface area contributed by atoms with Gasteiger partial charge in [-0.05, 0) is 25.1 Å². The molecule has 0 aromatic heterocycles. The summed E-state index contributed by atoms with van der Waals surface area (Å²) in [6.45, 7) is 9.06. The van der Waals surface area contributed by atoms with Crippen molar-refractivity contribution < 1.29 is 19.0 Å². The van der Waals surface area contributed by atoms with Gasteiger partial charge in [0.05, 0.1) is 12.7 Å². The summed E-state index contributed by atoms with van der Waals surface area (Å²) in [5.41, 5.74) is -0.335. The predicted molar refractivity (Wildman–Crippen MR) is 84.7 cm³/mol. The molecule has 2 saturated heterocycles. The summed E-state index contributed by atoms with van der Waals surface area (Å²) in [6, 6.07) is 3.33. The molecule has 2 aliphatic rings. The normalized spacial score (nSPS) is 41.1. The van der Waals surface area contributed by atoms with Gasteiger partial charge in [-0.25, -0.2) is 0 Å². The SMILES string of the molecule is CC[Si](CC)(CC)O[C@@H]1[C@H](CBr)OC(C)(O)C[C@@]12CO2. The van der Waals surface area contributed by atoms with Gasteiger partial charge in [0.25, 0.3) is 0 Å². The molecule has 0 radical (unpaired) electrons. The minimum absolute atomic E-state index is 0.0615. The fraction of sp³-hybridized carbons (Fsp3) is 1.00. The standard InChI is InChI=1S/C14H27BrO4Si/c1-5-20(6-2,7-3)19-12-11(8-15)18-13(4,16)9-14(12)10-17-14/h11-12,16H,5-10H2,1-4H3/t11-,12+,13?,14+/m0/s1. The van der Waals surface area contributed by atoms with E-state index in [9.17, 15) is 5.11 Å². The second-order valence-corrected chi connectivity index (χ2v) is 11.7. The highest BCUT2D eigenvalue weighted by Gasteiger charge is 2.63. The number of rotatable bonds is 6. The molecule has 1 spiro atoms. The average Bonchev–Trinajstić information content (AvgIpc) is 3.17. The van der Waals surface area contributed by atoms with Crippen molar-refractivity contribution in [1.82, 2.24) is 0 Å². The van der Waals surface area contributed by atoms with E-state index in [4.69, 9.17) is 13.9 Å². The Labute approximate surface area is 131 Å². The quantitative estimate of drug-likeness (QED) is 0.445. The molecule has 2 heterocycles. The van der Waals surface area contributed by atoms with Crippen LogP contribution in [0, 0.1) is 0 Å². The van der Waals surface area contributed by atoms with Gasteiger partial charge in [0, 0.05) is 11.8 Å². The number of epoxide rings is 1. The minimum atomic E-state index is -1.72. The zero-order valence-corrected chi connectivity index (χ0v) is 15.5. The van der Waals surface area contributed by atoms with Gasteiger partial charge < -0.3 is 19.0 Å². The summed E-state index contributed by atoms with van der Waals surface area (Å²) in [7, 11) is -1.72. The van der Waals surface area contributed by atoms with E-state index in [1.807, 2.05) is 0 Å². The van der Waals surface area contributed by atoms with E-state index in [1.165, 1.54) is 0 Å². The van der Waals surface area contributed by atoms with E-state index in [-0.39, 0.29) is 17.8 Å². The van der Waals surface area contributed by atoms with Gasteiger partial charge in [0.1, 0.15) is 11.7 Å². The highest BCUT2D eigenvalue weighted by molar-refractivity contribution is 9.09. The third-order valence-electron chi connectivity index (χ3n) is 4.87. The minimum Gasteiger partial charge on any atom is -0.408 e. The zero-order valence-electron chi connectivity index (χ0n) is 12.9. The number of halogens is 1. The molecule has 4 nitrogen and oxygen atoms in total. The molecule has 0 amide bonds. The Morgan fingerprint density at radius 1 is 1.30 bits per heavy atom. The lowest BCUT2D eigenvalue weighted by atomic mass is 9.88. The fourth-order valence-electron chi connectivity index (χ4n) is 3.35. The number of alkyl halides is 1. The molecule has 2 aliphatic heterocycles. The third kappa shape index (κ3) is 3.15. The zero-order chi connectivity index (χ0) is 15.0. The highest BCUT2D eigenvalue weighted by atomic mass is 79.9. The second-order valence-electron chi connectivity index (χ2n) is 6.30. The van der Waals surface area contributed by atoms with Gasteiger partial charge in [0.15, 0.2) is 14.1 Å². The van der Waals surface area contributed by atoms with E-state index < -0.39 is 14.1 Å². The van der Waals surface area contributed by atoms with E-state index in [2.05, 4.69) is 36.7 Å². The molecule has 118 valence electrons. The Morgan fingerprint density at radius 2 is 1.85 bits per heavy atom. The second kappa shape index (κ2) is 5.97. The number of ether oxygens (including phenoxy) is 2. The van der Waals surface area contributed by atoms with Gasteiger partial charge >= 0.3 is 0 Å². The molecule has 20 heavy (non-hydrogen) atoms. The Morgan fingerprint density at radius 3 is 2.25 bits per heavy atom. The number of aliphatic hydroxyl groups is 1. The van der Waals surface area contributed by atoms with Crippen LogP contribution < -0.4 is 0 Å². The Hall–Kier alpha value is 0.537. The Kier molecular flexibility index (Phi) is 5.04. The maximum absolute atomic E-state index is 10.3. The lowest BCUT2D eigenvalue weighted by molar-refractivity contribution is -0.275. The summed E-state index contributed by atoms with van der Waals surface area (Å²) in [6.07, 6.45) is 0.280. The Balaban J connectivity index is 2.20. The van der Waals surface area contributed by atoms with Crippen molar-refractivity contribution in [2.75, 3.05) is 11.9 Å². The van der Waals surface area contributed by atoms with Gasteiger partial charge in [0.2, 0.25) is 0 Å². The van der Waals surface area contributed by atoms with Crippen molar-refractivity contribution in [3.05, 3.63) is 0 Å². The largest absolute Gasteiger partial charge is 0.408 e. The van der Waals surface area contributed by atoms with Gasteiger partial charge in [-0.15, -0.1) is 0 Å². The summed E-state index contributed by atoms with van der Waals surface area (Å²) < 4.78 is 18.2. The molecule has 4 atom stereocenters. The summed E-state index contributed by atoms with van der Waals surface area (Å²) in [5.74, 6) is -1.12. The lowest BCUT2D eigenvalue weighted by Crippen LogP contribution is -2.60. The maximum atomic E-state index is 10.3. The van der Waals surface area contributed by atoms with Crippen LogP contribution in [0.4, 0.5) is 0 Å². The van der Waals surface area contributed by atoms with Gasteiger partial charge in [-0.3, -0.25) is 0 Å². The molecule has 0 aliphatic carbocycles. The molecule has 6 heteroatoms. The number of hydrogen-bond donors (Lipinski definition) is 1. The summed E-state index contributed by atoms with van der Waals surface area (Å²) in [4.78, 5) is 0. The van der Waals surface area contributed by atoms with E-state index in [0.717, 1.165) is 18.1 Å².